The molecule has 0 aliphatic carbocycles. The third kappa shape index (κ3) is 3.28. The van der Waals surface area contributed by atoms with Gasteiger partial charge in [0, 0.05) is 29.7 Å². The van der Waals surface area contributed by atoms with Crippen molar-refractivity contribution in [2.75, 3.05) is 43.1 Å². The van der Waals surface area contributed by atoms with E-state index in [9.17, 15) is 4.79 Å². The van der Waals surface area contributed by atoms with E-state index in [1.807, 2.05) is 5.38 Å². The summed E-state index contributed by atoms with van der Waals surface area (Å²) in [5, 5.41) is 8.63. The van der Waals surface area contributed by atoms with Crippen LogP contribution in [-0.4, -0.2) is 49.8 Å². The summed E-state index contributed by atoms with van der Waals surface area (Å²) in [6, 6.07) is 8.31. The first-order valence-electron chi connectivity index (χ1n) is 8.22. The minimum absolute atomic E-state index is 0.00391. The summed E-state index contributed by atoms with van der Waals surface area (Å²) >= 11 is 1.46. The van der Waals surface area contributed by atoms with Crippen LogP contribution in [0, 0.1) is 0 Å². The lowest BCUT2D eigenvalue weighted by Gasteiger charge is -2.29. The van der Waals surface area contributed by atoms with Crippen molar-refractivity contribution in [1.29, 1.82) is 0 Å². The van der Waals surface area contributed by atoms with Crippen LogP contribution in [0.2, 0.25) is 0 Å². The van der Waals surface area contributed by atoms with Crippen molar-refractivity contribution in [1.82, 2.24) is 10.3 Å². The molecule has 6 nitrogen and oxygen atoms in total. The number of carbonyl (C=O) groups excluding carboxylic acids is 1. The summed E-state index contributed by atoms with van der Waals surface area (Å²) in [4.78, 5) is 18.9. The van der Waals surface area contributed by atoms with Gasteiger partial charge in [-0.3, -0.25) is 4.79 Å². The summed E-state index contributed by atoms with van der Waals surface area (Å²) in [5.74, 6) is 0.00391. The van der Waals surface area contributed by atoms with Crippen LogP contribution in [0.15, 0.2) is 29.6 Å². The average molecular weight is 344 g/mol. The van der Waals surface area contributed by atoms with Crippen LogP contribution in [-0.2, 0) is 9.53 Å². The van der Waals surface area contributed by atoms with Crippen LogP contribution in [0.5, 0.6) is 0 Å². The highest BCUT2D eigenvalue weighted by molar-refractivity contribution is 7.14. The highest BCUT2D eigenvalue weighted by atomic mass is 32.1. The zero-order valence-electron chi connectivity index (χ0n) is 13.3. The van der Waals surface area contributed by atoms with Gasteiger partial charge >= 0.3 is 0 Å². The molecular formula is C17H20N4O2S. The second-order valence-corrected chi connectivity index (χ2v) is 6.83. The highest BCUT2D eigenvalue weighted by Crippen LogP contribution is 2.28. The molecule has 3 heterocycles. The lowest BCUT2D eigenvalue weighted by Crippen LogP contribution is -2.50. The molecule has 0 spiro atoms. The molecule has 2 aromatic rings. The largest absolute Gasteiger partial charge is 0.378 e. The Kier molecular flexibility index (Phi) is 4.46. The number of nitrogens with zero attached hydrogens (tertiary/aromatic N) is 2. The summed E-state index contributed by atoms with van der Waals surface area (Å²) in [7, 11) is 0. The maximum absolute atomic E-state index is 12.0. The Morgan fingerprint density at radius 2 is 2.21 bits per heavy atom. The van der Waals surface area contributed by atoms with Gasteiger partial charge in [0.1, 0.15) is 0 Å². The smallest absolute Gasteiger partial charge is 0.243 e. The van der Waals surface area contributed by atoms with Gasteiger partial charge in [0.05, 0.1) is 24.9 Å². The Morgan fingerprint density at radius 3 is 2.96 bits per heavy atom. The Morgan fingerprint density at radius 1 is 1.38 bits per heavy atom. The fraction of sp³-hybridized carbons (Fsp3) is 0.412. The van der Waals surface area contributed by atoms with Crippen LogP contribution in [0.1, 0.15) is 6.42 Å². The molecule has 4 rings (SSSR count). The maximum atomic E-state index is 12.0. The molecule has 0 radical (unpaired) electrons. The molecule has 1 aromatic heterocycles. The van der Waals surface area contributed by atoms with Gasteiger partial charge < -0.3 is 20.3 Å². The summed E-state index contributed by atoms with van der Waals surface area (Å²) in [5.41, 5.74) is 3.15. The second kappa shape index (κ2) is 6.88. The molecule has 7 heteroatoms. The van der Waals surface area contributed by atoms with Crippen molar-refractivity contribution in [2.45, 2.75) is 12.5 Å². The molecule has 2 N–H and O–H groups in total. The van der Waals surface area contributed by atoms with Crippen molar-refractivity contribution in [3.63, 3.8) is 0 Å². The Hall–Kier alpha value is -1.96. The number of ether oxygens (including phenoxy) is 1. The van der Waals surface area contributed by atoms with Crippen LogP contribution in [0.3, 0.4) is 0 Å². The van der Waals surface area contributed by atoms with E-state index in [2.05, 4.69) is 44.8 Å². The molecule has 2 saturated heterocycles. The lowest BCUT2D eigenvalue weighted by atomic mass is 10.1. The van der Waals surface area contributed by atoms with Gasteiger partial charge in [-0.25, -0.2) is 4.98 Å². The van der Waals surface area contributed by atoms with Crippen LogP contribution in [0.4, 0.5) is 10.8 Å². The number of anilines is 2. The fourth-order valence-electron chi connectivity index (χ4n) is 2.85. The minimum Gasteiger partial charge on any atom is -0.378 e. The average Bonchev–Trinajstić information content (AvgIpc) is 3.02. The first-order chi connectivity index (χ1) is 11.8. The second-order valence-electron chi connectivity index (χ2n) is 5.97. The zero-order chi connectivity index (χ0) is 16.4. The van der Waals surface area contributed by atoms with Gasteiger partial charge in [-0.05, 0) is 25.1 Å². The lowest BCUT2D eigenvalue weighted by molar-refractivity contribution is -0.119. The summed E-state index contributed by atoms with van der Waals surface area (Å²) < 4.78 is 5.41. The number of nitrogens with one attached hydrogen (secondary N) is 2. The van der Waals surface area contributed by atoms with E-state index in [4.69, 9.17) is 4.74 Å². The Labute approximate surface area is 144 Å². The SMILES string of the molecule is O=C(Nc1nc(-c2cccc(N3CCOCC3)c2)cs1)[C@@H]1CCN1. The molecule has 0 unspecified atom stereocenters. The number of aromatic nitrogens is 1. The van der Waals surface area contributed by atoms with Crippen molar-refractivity contribution in [2.24, 2.45) is 0 Å². The summed E-state index contributed by atoms with van der Waals surface area (Å²) in [6.45, 7) is 4.28. The van der Waals surface area contributed by atoms with Crippen molar-refractivity contribution >= 4 is 28.1 Å². The number of morpholine rings is 1. The molecule has 2 aliphatic heterocycles. The number of benzene rings is 1. The van der Waals surface area contributed by atoms with E-state index in [-0.39, 0.29) is 11.9 Å². The van der Waals surface area contributed by atoms with Crippen LogP contribution in [0.25, 0.3) is 11.3 Å². The first-order valence-corrected chi connectivity index (χ1v) is 9.10. The number of carbonyl (C=O) groups is 1. The Balaban J connectivity index is 1.48. The van der Waals surface area contributed by atoms with E-state index in [1.54, 1.807) is 0 Å². The molecule has 0 saturated carbocycles. The van der Waals surface area contributed by atoms with Gasteiger partial charge in [0.25, 0.3) is 0 Å². The molecule has 1 aromatic carbocycles. The van der Waals surface area contributed by atoms with Crippen LogP contribution < -0.4 is 15.5 Å². The van der Waals surface area contributed by atoms with E-state index < -0.39 is 0 Å². The van der Waals surface area contributed by atoms with E-state index >= 15 is 0 Å². The predicted molar refractivity (Wildman–Crippen MR) is 95.6 cm³/mol. The molecule has 1 atom stereocenters. The minimum atomic E-state index is -0.0676. The van der Waals surface area contributed by atoms with E-state index in [0.29, 0.717) is 5.13 Å². The molecule has 126 valence electrons. The molecule has 0 bridgehead atoms. The van der Waals surface area contributed by atoms with Gasteiger partial charge in [-0.2, -0.15) is 0 Å². The summed E-state index contributed by atoms with van der Waals surface area (Å²) in [6.07, 6.45) is 0.895. The highest BCUT2D eigenvalue weighted by Gasteiger charge is 2.25. The monoisotopic (exact) mass is 344 g/mol. The first kappa shape index (κ1) is 15.6. The zero-order valence-corrected chi connectivity index (χ0v) is 14.1. The number of hydrogen-bond donors (Lipinski definition) is 2. The normalized spacial score (nSPS) is 20.5. The number of amides is 1. The number of thiazole rings is 1. The predicted octanol–water partition coefficient (Wildman–Crippen LogP) is 1.95. The Bertz CT molecular complexity index is 723. The number of hydrogen-bond acceptors (Lipinski definition) is 6. The quantitative estimate of drug-likeness (QED) is 0.887. The maximum Gasteiger partial charge on any atom is 0.243 e. The molecular weight excluding hydrogens is 324 g/mol. The fourth-order valence-corrected chi connectivity index (χ4v) is 3.57. The van der Waals surface area contributed by atoms with Crippen LogP contribution >= 0.6 is 11.3 Å². The molecule has 1 amide bonds. The molecule has 2 fully saturated rings. The number of rotatable bonds is 4. The van der Waals surface area contributed by atoms with Crippen molar-refractivity contribution in [3.8, 4) is 11.3 Å². The molecule has 24 heavy (non-hydrogen) atoms. The van der Waals surface area contributed by atoms with Crippen molar-refractivity contribution < 1.29 is 9.53 Å². The van der Waals surface area contributed by atoms with E-state index in [1.165, 1.54) is 17.0 Å². The van der Waals surface area contributed by atoms with Gasteiger partial charge in [-0.15, -0.1) is 11.3 Å². The van der Waals surface area contributed by atoms with Gasteiger partial charge in [-0.1, -0.05) is 12.1 Å². The van der Waals surface area contributed by atoms with Crippen molar-refractivity contribution in [3.05, 3.63) is 29.6 Å². The van der Waals surface area contributed by atoms with E-state index in [0.717, 1.165) is 50.5 Å². The standard InChI is InChI=1S/C17H20N4O2S/c22-16(14-4-5-18-14)20-17-19-15(11-24-17)12-2-1-3-13(10-12)21-6-8-23-9-7-21/h1-3,10-11,14,18H,4-9H2,(H,19,20,22)/t14-/m0/s1. The third-order valence-electron chi connectivity index (χ3n) is 4.39. The van der Waals surface area contributed by atoms with Gasteiger partial charge in [0.15, 0.2) is 5.13 Å². The molecule has 2 aliphatic rings. The third-order valence-corrected chi connectivity index (χ3v) is 5.15. The topological polar surface area (TPSA) is 66.5 Å². The van der Waals surface area contributed by atoms with Gasteiger partial charge in [0.2, 0.25) is 5.91 Å².